The van der Waals surface area contributed by atoms with Gasteiger partial charge in [-0.05, 0) is 44.0 Å². The molecule has 0 spiro atoms. The van der Waals surface area contributed by atoms with Crippen LogP contribution in [-0.4, -0.2) is 39.1 Å². The molecule has 2 aromatic carbocycles. The summed E-state index contributed by atoms with van der Waals surface area (Å²) in [6, 6.07) is 9.35. The number of amides is 2. The second kappa shape index (κ2) is 11.0. The van der Waals surface area contributed by atoms with E-state index >= 15 is 0 Å². The number of nitrogens with zero attached hydrogens (tertiary/aromatic N) is 1. The SMILES string of the molecule is CC[C@@H](C)NC(=O)c1ccccc1NC(=O)CCCN(c1ccc(F)c(F)c1)S(C)(=O)=O. The van der Waals surface area contributed by atoms with Gasteiger partial charge in [0, 0.05) is 25.1 Å². The molecule has 2 rings (SSSR count). The van der Waals surface area contributed by atoms with Crippen LogP contribution in [0.25, 0.3) is 0 Å². The van der Waals surface area contributed by atoms with Gasteiger partial charge < -0.3 is 10.6 Å². The van der Waals surface area contributed by atoms with Crippen molar-refractivity contribution in [2.45, 2.75) is 39.2 Å². The molecule has 0 radical (unpaired) electrons. The highest BCUT2D eigenvalue weighted by atomic mass is 32.2. The molecule has 0 saturated heterocycles. The minimum absolute atomic E-state index is 0.0236. The normalized spacial score (nSPS) is 12.2. The molecule has 0 fully saturated rings. The quantitative estimate of drug-likeness (QED) is 0.557. The van der Waals surface area contributed by atoms with Gasteiger partial charge in [-0.15, -0.1) is 0 Å². The number of hydrogen-bond donors (Lipinski definition) is 2. The van der Waals surface area contributed by atoms with Crippen LogP contribution in [0.1, 0.15) is 43.5 Å². The predicted octanol–water partition coefficient (Wildman–Crippen LogP) is 3.68. The zero-order chi connectivity index (χ0) is 23.9. The first-order chi connectivity index (χ1) is 15.0. The lowest BCUT2D eigenvalue weighted by molar-refractivity contribution is -0.116. The third-order valence-corrected chi connectivity index (χ3v) is 5.99. The van der Waals surface area contributed by atoms with E-state index in [0.717, 1.165) is 35.2 Å². The van der Waals surface area contributed by atoms with E-state index in [1.807, 2.05) is 13.8 Å². The van der Waals surface area contributed by atoms with E-state index in [4.69, 9.17) is 0 Å². The number of halogens is 2. The minimum atomic E-state index is -3.78. The number of nitrogens with one attached hydrogen (secondary N) is 2. The summed E-state index contributed by atoms with van der Waals surface area (Å²) in [5.74, 6) is -2.97. The maximum atomic E-state index is 13.5. The van der Waals surface area contributed by atoms with Gasteiger partial charge in [0.1, 0.15) is 0 Å². The Balaban J connectivity index is 2.03. The van der Waals surface area contributed by atoms with Crippen LogP contribution >= 0.6 is 0 Å². The van der Waals surface area contributed by atoms with Crippen molar-refractivity contribution in [1.29, 1.82) is 0 Å². The smallest absolute Gasteiger partial charge is 0.253 e. The summed E-state index contributed by atoms with van der Waals surface area (Å²) in [5, 5.41) is 5.51. The van der Waals surface area contributed by atoms with Gasteiger partial charge in [0.2, 0.25) is 15.9 Å². The fourth-order valence-electron chi connectivity index (χ4n) is 2.92. The van der Waals surface area contributed by atoms with E-state index in [-0.39, 0.29) is 37.0 Å². The highest BCUT2D eigenvalue weighted by Crippen LogP contribution is 2.21. The summed E-state index contributed by atoms with van der Waals surface area (Å²) in [6.07, 6.45) is 1.78. The summed E-state index contributed by atoms with van der Waals surface area (Å²) in [6.45, 7) is 3.71. The maximum Gasteiger partial charge on any atom is 0.253 e. The number of rotatable bonds is 10. The number of carbonyl (C=O) groups excluding carboxylic acids is 2. The Morgan fingerprint density at radius 1 is 1.09 bits per heavy atom. The lowest BCUT2D eigenvalue weighted by atomic mass is 10.1. The molecule has 0 bridgehead atoms. The Labute approximate surface area is 186 Å². The van der Waals surface area contributed by atoms with Crippen molar-refractivity contribution in [2.24, 2.45) is 0 Å². The van der Waals surface area contributed by atoms with E-state index < -0.39 is 27.6 Å². The second-order valence-corrected chi connectivity index (χ2v) is 9.32. The van der Waals surface area contributed by atoms with Crippen molar-refractivity contribution in [3.8, 4) is 0 Å². The van der Waals surface area contributed by atoms with Gasteiger partial charge in [-0.25, -0.2) is 17.2 Å². The number of anilines is 2. The monoisotopic (exact) mass is 467 g/mol. The summed E-state index contributed by atoms with van der Waals surface area (Å²) in [7, 11) is -3.78. The topological polar surface area (TPSA) is 95.6 Å². The van der Waals surface area contributed by atoms with Gasteiger partial charge >= 0.3 is 0 Å². The summed E-state index contributed by atoms with van der Waals surface area (Å²) >= 11 is 0. The molecule has 0 aromatic heterocycles. The Kier molecular flexibility index (Phi) is 8.71. The average Bonchev–Trinajstić information content (AvgIpc) is 2.72. The van der Waals surface area contributed by atoms with Gasteiger partial charge in [-0.3, -0.25) is 13.9 Å². The van der Waals surface area contributed by atoms with Crippen molar-refractivity contribution in [3.63, 3.8) is 0 Å². The van der Waals surface area contributed by atoms with Gasteiger partial charge in [-0.1, -0.05) is 19.1 Å². The van der Waals surface area contributed by atoms with Gasteiger partial charge in [-0.2, -0.15) is 0 Å². The molecule has 174 valence electrons. The van der Waals surface area contributed by atoms with Crippen molar-refractivity contribution in [3.05, 3.63) is 59.7 Å². The highest BCUT2D eigenvalue weighted by Gasteiger charge is 2.20. The number of carbonyl (C=O) groups is 2. The molecule has 32 heavy (non-hydrogen) atoms. The molecule has 0 aliphatic heterocycles. The summed E-state index contributed by atoms with van der Waals surface area (Å²) in [4.78, 5) is 24.9. The van der Waals surface area contributed by atoms with E-state index in [2.05, 4.69) is 10.6 Å². The molecule has 0 unspecified atom stereocenters. The zero-order valence-electron chi connectivity index (χ0n) is 18.2. The molecular weight excluding hydrogens is 440 g/mol. The van der Waals surface area contributed by atoms with E-state index in [0.29, 0.717) is 11.3 Å². The molecular formula is C22H27F2N3O4S. The lowest BCUT2D eigenvalue weighted by Crippen LogP contribution is -2.33. The Morgan fingerprint density at radius 2 is 1.78 bits per heavy atom. The van der Waals surface area contributed by atoms with E-state index in [1.54, 1.807) is 24.3 Å². The maximum absolute atomic E-state index is 13.5. The second-order valence-electron chi connectivity index (χ2n) is 7.41. The van der Waals surface area contributed by atoms with Crippen LogP contribution in [0.3, 0.4) is 0 Å². The first-order valence-corrected chi connectivity index (χ1v) is 12.0. The highest BCUT2D eigenvalue weighted by molar-refractivity contribution is 7.92. The van der Waals surface area contributed by atoms with Crippen LogP contribution in [0, 0.1) is 11.6 Å². The minimum Gasteiger partial charge on any atom is -0.350 e. The summed E-state index contributed by atoms with van der Waals surface area (Å²) in [5.41, 5.74) is 0.637. The van der Waals surface area contributed by atoms with Crippen molar-refractivity contribution >= 4 is 33.2 Å². The average molecular weight is 468 g/mol. The first-order valence-electron chi connectivity index (χ1n) is 10.2. The first kappa shape index (κ1) is 25.3. The molecule has 1 atom stereocenters. The summed E-state index contributed by atoms with van der Waals surface area (Å²) < 4.78 is 51.8. The van der Waals surface area contributed by atoms with Crippen LogP contribution in [0.15, 0.2) is 42.5 Å². The van der Waals surface area contributed by atoms with Crippen LogP contribution in [0.2, 0.25) is 0 Å². The van der Waals surface area contributed by atoms with Gasteiger partial charge in [0.15, 0.2) is 11.6 Å². The van der Waals surface area contributed by atoms with Crippen LogP contribution < -0.4 is 14.9 Å². The third kappa shape index (κ3) is 7.01. The Morgan fingerprint density at radius 3 is 2.41 bits per heavy atom. The fraction of sp³-hybridized carbons (Fsp3) is 0.364. The molecule has 7 nitrogen and oxygen atoms in total. The molecule has 0 aliphatic rings. The zero-order valence-corrected chi connectivity index (χ0v) is 19.0. The Hall–Kier alpha value is -3.01. The lowest BCUT2D eigenvalue weighted by Gasteiger charge is -2.22. The molecule has 2 amide bonds. The number of para-hydroxylation sites is 1. The molecule has 0 saturated carbocycles. The number of sulfonamides is 1. The molecule has 0 aliphatic carbocycles. The fourth-order valence-corrected chi connectivity index (χ4v) is 3.87. The van der Waals surface area contributed by atoms with Crippen LogP contribution in [0.5, 0.6) is 0 Å². The number of benzene rings is 2. The molecule has 10 heteroatoms. The molecule has 2 aromatic rings. The van der Waals surface area contributed by atoms with Gasteiger partial charge in [0.05, 0.1) is 23.2 Å². The predicted molar refractivity (Wildman–Crippen MR) is 120 cm³/mol. The Bertz CT molecular complexity index is 1080. The third-order valence-electron chi connectivity index (χ3n) is 4.79. The largest absolute Gasteiger partial charge is 0.350 e. The molecule has 0 heterocycles. The van der Waals surface area contributed by atoms with Crippen molar-refractivity contribution < 1.29 is 26.8 Å². The standard InChI is InChI=1S/C22H27F2N3O4S/c1-4-15(2)25-22(29)17-8-5-6-9-20(17)26-21(28)10-7-13-27(32(3,30)31)16-11-12-18(23)19(24)14-16/h5-6,8-9,11-12,14-15H,4,7,10,13H2,1-3H3,(H,25,29)(H,26,28)/t15-/m1/s1. The van der Waals surface area contributed by atoms with Crippen LogP contribution in [-0.2, 0) is 14.8 Å². The number of hydrogen-bond acceptors (Lipinski definition) is 4. The van der Waals surface area contributed by atoms with Crippen molar-refractivity contribution in [2.75, 3.05) is 22.4 Å². The van der Waals surface area contributed by atoms with Crippen molar-refractivity contribution in [1.82, 2.24) is 5.32 Å². The van der Waals surface area contributed by atoms with E-state index in [1.165, 1.54) is 0 Å². The van der Waals surface area contributed by atoms with Crippen LogP contribution in [0.4, 0.5) is 20.2 Å². The van der Waals surface area contributed by atoms with Gasteiger partial charge in [0.25, 0.3) is 5.91 Å². The molecule has 2 N–H and O–H groups in total. The van der Waals surface area contributed by atoms with E-state index in [9.17, 15) is 26.8 Å².